The van der Waals surface area contributed by atoms with E-state index in [9.17, 15) is 4.79 Å². The Kier molecular flexibility index (Phi) is 5.88. The Balaban J connectivity index is 2.35. The second-order valence-corrected chi connectivity index (χ2v) is 7.22. The lowest BCUT2D eigenvalue weighted by Gasteiger charge is -2.29. The molecule has 0 radical (unpaired) electrons. The van der Waals surface area contributed by atoms with E-state index < -0.39 is 5.60 Å². The molecule has 1 aromatic heterocycles. The lowest BCUT2D eigenvalue weighted by molar-refractivity contribution is 0.0304. The molecular formula is C20H28N2O3. The van der Waals surface area contributed by atoms with E-state index in [1.165, 1.54) is 0 Å². The van der Waals surface area contributed by atoms with Crippen LogP contribution in [0.5, 0.6) is 5.75 Å². The van der Waals surface area contributed by atoms with Gasteiger partial charge in [0, 0.05) is 23.0 Å². The Morgan fingerprint density at radius 1 is 1.28 bits per heavy atom. The first-order chi connectivity index (χ1) is 11.7. The predicted octanol–water partition coefficient (Wildman–Crippen LogP) is 4.68. The topological polar surface area (TPSA) is 51.7 Å². The van der Waals surface area contributed by atoms with Gasteiger partial charge in [0.25, 0.3) is 0 Å². The summed E-state index contributed by atoms with van der Waals surface area (Å²) >= 11 is 0. The Hall–Kier alpha value is -2.30. The third-order valence-corrected chi connectivity index (χ3v) is 3.96. The number of ether oxygens (including phenoxy) is 2. The second-order valence-electron chi connectivity index (χ2n) is 7.22. The molecule has 1 heterocycles. The SMILES string of the molecule is COc1c(C)cnc(CN(C(=O)OC(C)(C)C)C2=CCCC=C2)c1C. The molecule has 136 valence electrons. The molecule has 0 N–H and O–H groups in total. The maximum Gasteiger partial charge on any atom is 0.415 e. The highest BCUT2D eigenvalue weighted by Crippen LogP contribution is 2.27. The molecule has 5 nitrogen and oxygen atoms in total. The molecule has 2 rings (SSSR count). The number of carbonyl (C=O) groups excluding carboxylic acids is 1. The Morgan fingerprint density at radius 3 is 2.56 bits per heavy atom. The van der Waals surface area contributed by atoms with Gasteiger partial charge >= 0.3 is 6.09 Å². The van der Waals surface area contributed by atoms with Crippen molar-refractivity contribution < 1.29 is 14.3 Å². The van der Waals surface area contributed by atoms with Gasteiger partial charge in [-0.2, -0.15) is 0 Å². The summed E-state index contributed by atoms with van der Waals surface area (Å²) in [5, 5.41) is 0. The first-order valence-electron chi connectivity index (χ1n) is 8.59. The number of aromatic nitrogens is 1. The molecule has 0 aromatic carbocycles. The summed E-state index contributed by atoms with van der Waals surface area (Å²) in [5.74, 6) is 0.808. The van der Waals surface area contributed by atoms with Gasteiger partial charge < -0.3 is 9.47 Å². The fraction of sp³-hybridized carbons (Fsp3) is 0.500. The molecule has 5 heteroatoms. The fourth-order valence-corrected chi connectivity index (χ4v) is 2.76. The number of allylic oxidation sites excluding steroid dienone is 3. The maximum atomic E-state index is 12.8. The van der Waals surface area contributed by atoms with E-state index in [-0.39, 0.29) is 6.09 Å². The van der Waals surface area contributed by atoms with Crippen LogP contribution in [0, 0.1) is 13.8 Å². The fourth-order valence-electron chi connectivity index (χ4n) is 2.76. The van der Waals surface area contributed by atoms with Gasteiger partial charge in [0.05, 0.1) is 19.3 Å². The summed E-state index contributed by atoms with van der Waals surface area (Å²) in [7, 11) is 1.65. The Morgan fingerprint density at radius 2 is 2.00 bits per heavy atom. The predicted molar refractivity (Wildman–Crippen MR) is 98.5 cm³/mol. The molecule has 0 spiro atoms. The molecule has 0 bridgehead atoms. The van der Waals surface area contributed by atoms with Gasteiger partial charge in [-0.1, -0.05) is 12.2 Å². The standard InChI is InChI=1S/C20H28N2O3/c1-14-12-21-17(15(2)18(14)24-6)13-22(16-10-8-7-9-11-16)19(23)25-20(3,4)5/h8,10-12H,7,9,13H2,1-6H3. The van der Waals surface area contributed by atoms with Gasteiger partial charge in [-0.15, -0.1) is 0 Å². The van der Waals surface area contributed by atoms with Crippen LogP contribution in [0.15, 0.2) is 30.1 Å². The zero-order valence-electron chi connectivity index (χ0n) is 16.0. The molecule has 1 aliphatic rings. The summed E-state index contributed by atoms with van der Waals surface area (Å²) in [6.07, 6.45) is 9.41. The first kappa shape index (κ1) is 19.0. The highest BCUT2D eigenvalue weighted by atomic mass is 16.6. The zero-order chi connectivity index (χ0) is 18.6. The number of hydrogen-bond donors (Lipinski definition) is 0. The number of amides is 1. The second kappa shape index (κ2) is 7.72. The van der Waals surface area contributed by atoms with Crippen molar-refractivity contribution in [3.8, 4) is 5.75 Å². The van der Waals surface area contributed by atoms with Crippen molar-refractivity contribution in [2.24, 2.45) is 0 Å². The first-order valence-corrected chi connectivity index (χ1v) is 8.59. The summed E-state index contributed by atoms with van der Waals surface area (Å²) < 4.78 is 11.1. The molecule has 0 saturated carbocycles. The van der Waals surface area contributed by atoms with E-state index in [2.05, 4.69) is 17.1 Å². The lowest BCUT2D eigenvalue weighted by Crippen LogP contribution is -2.36. The molecule has 1 aliphatic carbocycles. The van der Waals surface area contributed by atoms with E-state index >= 15 is 0 Å². The van der Waals surface area contributed by atoms with Gasteiger partial charge in [0.15, 0.2) is 0 Å². The number of nitrogens with zero attached hydrogens (tertiary/aromatic N) is 2. The van der Waals surface area contributed by atoms with E-state index in [4.69, 9.17) is 9.47 Å². The molecule has 0 fully saturated rings. The molecule has 0 aliphatic heterocycles. The largest absolute Gasteiger partial charge is 0.496 e. The monoisotopic (exact) mass is 344 g/mol. The number of rotatable bonds is 4. The summed E-state index contributed by atoms with van der Waals surface area (Å²) in [4.78, 5) is 18.9. The van der Waals surface area contributed by atoms with Crippen molar-refractivity contribution in [2.45, 2.75) is 59.6 Å². The third kappa shape index (κ3) is 4.84. The summed E-state index contributed by atoms with van der Waals surface area (Å²) in [6, 6.07) is 0. The van der Waals surface area contributed by atoms with E-state index in [1.807, 2.05) is 40.7 Å². The average molecular weight is 344 g/mol. The molecule has 0 atom stereocenters. The highest BCUT2D eigenvalue weighted by molar-refractivity contribution is 5.71. The van der Waals surface area contributed by atoms with Crippen molar-refractivity contribution in [1.82, 2.24) is 9.88 Å². The van der Waals surface area contributed by atoms with Gasteiger partial charge in [0.1, 0.15) is 11.4 Å². The number of carbonyl (C=O) groups is 1. The van der Waals surface area contributed by atoms with Crippen LogP contribution >= 0.6 is 0 Å². The van der Waals surface area contributed by atoms with Crippen molar-refractivity contribution >= 4 is 6.09 Å². The number of pyridine rings is 1. The van der Waals surface area contributed by atoms with Crippen molar-refractivity contribution in [1.29, 1.82) is 0 Å². The van der Waals surface area contributed by atoms with Gasteiger partial charge in [-0.3, -0.25) is 9.88 Å². The van der Waals surface area contributed by atoms with Crippen LogP contribution in [-0.2, 0) is 11.3 Å². The Bertz CT molecular complexity index is 700. The van der Waals surface area contributed by atoms with Crippen LogP contribution in [0.1, 0.15) is 50.4 Å². The summed E-state index contributed by atoms with van der Waals surface area (Å²) in [5.41, 5.74) is 3.01. The van der Waals surface area contributed by atoms with Crippen molar-refractivity contribution in [3.63, 3.8) is 0 Å². The van der Waals surface area contributed by atoms with Crippen LogP contribution in [-0.4, -0.2) is 28.7 Å². The molecule has 0 unspecified atom stereocenters. The van der Waals surface area contributed by atoms with E-state index in [0.717, 1.165) is 41.1 Å². The van der Waals surface area contributed by atoms with E-state index in [0.29, 0.717) is 6.54 Å². The summed E-state index contributed by atoms with van der Waals surface area (Å²) in [6.45, 7) is 9.87. The van der Waals surface area contributed by atoms with Crippen molar-refractivity contribution in [3.05, 3.63) is 46.9 Å². The third-order valence-electron chi connectivity index (χ3n) is 3.96. The molecule has 1 aromatic rings. The number of hydrogen-bond acceptors (Lipinski definition) is 4. The minimum absolute atomic E-state index is 0.341. The zero-order valence-corrected chi connectivity index (χ0v) is 16.0. The molecule has 0 saturated heterocycles. The molecule has 1 amide bonds. The Labute approximate surface area is 150 Å². The highest BCUT2D eigenvalue weighted by Gasteiger charge is 2.26. The van der Waals surface area contributed by atoms with E-state index in [1.54, 1.807) is 18.2 Å². The minimum atomic E-state index is -0.554. The van der Waals surface area contributed by atoms with Gasteiger partial charge in [0.2, 0.25) is 0 Å². The average Bonchev–Trinajstić information content (AvgIpc) is 2.54. The number of aryl methyl sites for hydroxylation is 1. The van der Waals surface area contributed by atoms with Gasteiger partial charge in [-0.25, -0.2) is 4.79 Å². The molecule has 25 heavy (non-hydrogen) atoms. The quantitative estimate of drug-likeness (QED) is 0.796. The van der Waals surface area contributed by atoms with Crippen LogP contribution < -0.4 is 4.74 Å². The van der Waals surface area contributed by atoms with Crippen molar-refractivity contribution in [2.75, 3.05) is 7.11 Å². The normalized spacial score (nSPS) is 14.1. The van der Waals surface area contributed by atoms with Crippen LogP contribution in [0.4, 0.5) is 4.79 Å². The smallest absolute Gasteiger partial charge is 0.415 e. The van der Waals surface area contributed by atoms with Crippen LogP contribution in [0.2, 0.25) is 0 Å². The van der Waals surface area contributed by atoms with Gasteiger partial charge in [-0.05, 0) is 53.5 Å². The minimum Gasteiger partial charge on any atom is -0.496 e. The van der Waals surface area contributed by atoms with Crippen LogP contribution in [0.25, 0.3) is 0 Å². The molecular weight excluding hydrogens is 316 g/mol. The van der Waals surface area contributed by atoms with Crippen LogP contribution in [0.3, 0.4) is 0 Å². The lowest BCUT2D eigenvalue weighted by atomic mass is 10.1. The number of methoxy groups -OCH3 is 1. The maximum absolute atomic E-state index is 12.8.